The van der Waals surface area contributed by atoms with Crippen LogP contribution in [0, 0.1) is 0 Å². The van der Waals surface area contributed by atoms with E-state index in [1.807, 2.05) is 12.1 Å². The maximum Gasteiger partial charge on any atom is 0.160 e. The molecule has 1 aromatic rings. The van der Waals surface area contributed by atoms with Crippen LogP contribution in [0.25, 0.3) is 0 Å². The second kappa shape index (κ2) is 5.03. The van der Waals surface area contributed by atoms with Crippen LogP contribution < -0.4 is 11.1 Å². The lowest BCUT2D eigenvalue weighted by atomic mass is 10.4. The van der Waals surface area contributed by atoms with E-state index in [0.717, 1.165) is 24.3 Å². The predicted octanol–water partition coefficient (Wildman–Crippen LogP) is 0.609. The molecule has 1 heterocycles. The standard InChI is InChI=1S/C8H12N2OS/c9-3-4-10-5-7-1-2-8(6-11)12-7/h1-2,6,10H,3-5,9H2. The fourth-order valence-corrected chi connectivity index (χ4v) is 1.66. The molecule has 0 aliphatic rings. The first kappa shape index (κ1) is 9.38. The molecule has 12 heavy (non-hydrogen) atoms. The van der Waals surface area contributed by atoms with Crippen LogP contribution in [0.15, 0.2) is 12.1 Å². The van der Waals surface area contributed by atoms with E-state index in [9.17, 15) is 4.79 Å². The maximum absolute atomic E-state index is 10.3. The second-order valence-corrected chi connectivity index (χ2v) is 3.59. The van der Waals surface area contributed by atoms with Crippen molar-refractivity contribution in [3.63, 3.8) is 0 Å². The number of thiophene rings is 1. The molecule has 4 heteroatoms. The second-order valence-electron chi connectivity index (χ2n) is 2.39. The molecular weight excluding hydrogens is 172 g/mol. The van der Waals surface area contributed by atoms with Gasteiger partial charge in [0, 0.05) is 24.5 Å². The Morgan fingerprint density at radius 1 is 1.58 bits per heavy atom. The molecular formula is C8H12N2OS. The van der Waals surface area contributed by atoms with Crippen molar-refractivity contribution in [2.24, 2.45) is 5.73 Å². The van der Waals surface area contributed by atoms with Crippen LogP contribution in [0.4, 0.5) is 0 Å². The lowest BCUT2D eigenvalue weighted by molar-refractivity contribution is 0.112. The van der Waals surface area contributed by atoms with Crippen LogP contribution in [0.2, 0.25) is 0 Å². The number of aldehydes is 1. The van der Waals surface area contributed by atoms with E-state index < -0.39 is 0 Å². The van der Waals surface area contributed by atoms with Crippen molar-refractivity contribution in [1.29, 1.82) is 0 Å². The van der Waals surface area contributed by atoms with Crippen molar-refractivity contribution in [1.82, 2.24) is 5.32 Å². The summed E-state index contributed by atoms with van der Waals surface area (Å²) >= 11 is 1.51. The van der Waals surface area contributed by atoms with E-state index in [1.54, 1.807) is 0 Å². The Balaban J connectivity index is 2.36. The minimum atomic E-state index is 0.645. The molecule has 3 N–H and O–H groups in total. The van der Waals surface area contributed by atoms with Gasteiger partial charge in [0.2, 0.25) is 0 Å². The molecule has 1 aromatic heterocycles. The minimum Gasteiger partial charge on any atom is -0.329 e. The van der Waals surface area contributed by atoms with Crippen molar-refractivity contribution in [2.75, 3.05) is 13.1 Å². The van der Waals surface area contributed by atoms with Gasteiger partial charge in [-0.25, -0.2) is 0 Å². The van der Waals surface area contributed by atoms with Crippen LogP contribution in [0.1, 0.15) is 14.5 Å². The molecule has 0 aromatic carbocycles. The van der Waals surface area contributed by atoms with Gasteiger partial charge in [0.1, 0.15) is 0 Å². The lowest BCUT2D eigenvalue weighted by Gasteiger charge is -1.98. The number of hydrogen-bond donors (Lipinski definition) is 2. The molecule has 0 radical (unpaired) electrons. The summed E-state index contributed by atoms with van der Waals surface area (Å²) in [6, 6.07) is 3.79. The SMILES string of the molecule is NCCNCc1ccc(C=O)s1. The number of nitrogens with two attached hydrogens (primary N) is 1. The highest BCUT2D eigenvalue weighted by molar-refractivity contribution is 7.13. The zero-order chi connectivity index (χ0) is 8.81. The summed E-state index contributed by atoms with van der Waals surface area (Å²) in [5, 5.41) is 3.16. The van der Waals surface area contributed by atoms with Gasteiger partial charge in [0.25, 0.3) is 0 Å². The van der Waals surface area contributed by atoms with E-state index in [0.29, 0.717) is 6.54 Å². The first-order valence-electron chi connectivity index (χ1n) is 3.81. The fraction of sp³-hybridized carbons (Fsp3) is 0.375. The molecule has 0 bridgehead atoms. The van der Waals surface area contributed by atoms with E-state index in [-0.39, 0.29) is 0 Å². The van der Waals surface area contributed by atoms with Gasteiger partial charge >= 0.3 is 0 Å². The van der Waals surface area contributed by atoms with Crippen LogP contribution >= 0.6 is 11.3 Å². The molecule has 0 unspecified atom stereocenters. The van der Waals surface area contributed by atoms with Crippen molar-refractivity contribution in [2.45, 2.75) is 6.54 Å². The highest BCUT2D eigenvalue weighted by atomic mass is 32.1. The zero-order valence-electron chi connectivity index (χ0n) is 6.75. The summed E-state index contributed by atoms with van der Waals surface area (Å²) in [7, 11) is 0. The Hall–Kier alpha value is -0.710. The van der Waals surface area contributed by atoms with Gasteiger partial charge in [0.05, 0.1) is 4.88 Å². The van der Waals surface area contributed by atoms with Gasteiger partial charge in [0.15, 0.2) is 6.29 Å². The number of carbonyl (C=O) groups is 1. The Labute approximate surface area is 75.6 Å². The van der Waals surface area contributed by atoms with Crippen molar-refractivity contribution >= 4 is 17.6 Å². The first-order valence-corrected chi connectivity index (χ1v) is 4.63. The quantitative estimate of drug-likeness (QED) is 0.520. The van der Waals surface area contributed by atoms with Gasteiger partial charge < -0.3 is 11.1 Å². The first-order chi connectivity index (χ1) is 5.86. The third-order valence-corrected chi connectivity index (χ3v) is 2.43. The van der Waals surface area contributed by atoms with Crippen molar-refractivity contribution < 1.29 is 4.79 Å². The Morgan fingerprint density at radius 3 is 3.00 bits per heavy atom. The van der Waals surface area contributed by atoms with Gasteiger partial charge in [-0.3, -0.25) is 4.79 Å². The summed E-state index contributed by atoms with van der Waals surface area (Å²) in [6.45, 7) is 2.26. The molecule has 0 fully saturated rings. The predicted molar refractivity (Wildman–Crippen MR) is 50.5 cm³/mol. The van der Waals surface area contributed by atoms with Gasteiger partial charge in [-0.15, -0.1) is 11.3 Å². The van der Waals surface area contributed by atoms with Gasteiger partial charge in [-0.2, -0.15) is 0 Å². The zero-order valence-corrected chi connectivity index (χ0v) is 7.56. The topological polar surface area (TPSA) is 55.1 Å². The molecule has 1 rings (SSSR count). The molecule has 3 nitrogen and oxygen atoms in total. The molecule has 0 aliphatic carbocycles. The summed E-state index contributed by atoms with van der Waals surface area (Å²) < 4.78 is 0. The lowest BCUT2D eigenvalue weighted by Crippen LogP contribution is -2.21. The molecule has 0 aliphatic heterocycles. The maximum atomic E-state index is 10.3. The van der Waals surface area contributed by atoms with E-state index in [1.165, 1.54) is 16.2 Å². The summed E-state index contributed by atoms with van der Waals surface area (Å²) in [4.78, 5) is 12.3. The van der Waals surface area contributed by atoms with Crippen LogP contribution in [0.3, 0.4) is 0 Å². The van der Waals surface area contributed by atoms with E-state index >= 15 is 0 Å². The number of nitrogens with one attached hydrogen (secondary N) is 1. The third kappa shape index (κ3) is 2.73. The average Bonchev–Trinajstić information content (AvgIpc) is 2.53. The smallest absolute Gasteiger partial charge is 0.160 e. The highest BCUT2D eigenvalue weighted by Crippen LogP contribution is 2.13. The normalized spacial score (nSPS) is 10.1. The molecule has 0 saturated heterocycles. The van der Waals surface area contributed by atoms with Crippen LogP contribution in [-0.2, 0) is 6.54 Å². The molecule has 0 spiro atoms. The third-order valence-electron chi connectivity index (χ3n) is 1.42. The van der Waals surface area contributed by atoms with Crippen molar-refractivity contribution in [3.8, 4) is 0 Å². The summed E-state index contributed by atoms with van der Waals surface area (Å²) in [6.07, 6.45) is 0.872. The van der Waals surface area contributed by atoms with E-state index in [2.05, 4.69) is 5.32 Å². The largest absolute Gasteiger partial charge is 0.329 e. The Bertz CT molecular complexity index is 247. The molecule has 0 saturated carbocycles. The van der Waals surface area contributed by atoms with Crippen LogP contribution in [0.5, 0.6) is 0 Å². The Kier molecular flexibility index (Phi) is 3.93. The monoisotopic (exact) mass is 184 g/mol. The number of carbonyl (C=O) groups excluding carboxylic acids is 1. The fourth-order valence-electron chi connectivity index (χ4n) is 0.866. The van der Waals surface area contributed by atoms with E-state index in [4.69, 9.17) is 5.73 Å². The Morgan fingerprint density at radius 2 is 2.42 bits per heavy atom. The average molecular weight is 184 g/mol. The van der Waals surface area contributed by atoms with Gasteiger partial charge in [-0.1, -0.05) is 0 Å². The van der Waals surface area contributed by atoms with Crippen LogP contribution in [-0.4, -0.2) is 19.4 Å². The number of hydrogen-bond acceptors (Lipinski definition) is 4. The van der Waals surface area contributed by atoms with Gasteiger partial charge in [-0.05, 0) is 12.1 Å². The molecule has 0 atom stereocenters. The van der Waals surface area contributed by atoms with Crippen molar-refractivity contribution in [3.05, 3.63) is 21.9 Å². The summed E-state index contributed by atoms with van der Waals surface area (Å²) in [5.41, 5.74) is 5.31. The molecule has 0 amide bonds. The molecule has 66 valence electrons. The summed E-state index contributed by atoms with van der Waals surface area (Å²) in [5.74, 6) is 0. The minimum absolute atomic E-state index is 0.645. The number of rotatable bonds is 5. The highest BCUT2D eigenvalue weighted by Gasteiger charge is 1.97.